The molecule has 16 heavy (non-hydrogen) atoms. The van der Waals surface area contributed by atoms with Crippen LogP contribution in [0, 0.1) is 5.92 Å². The highest BCUT2D eigenvalue weighted by Gasteiger charge is 2.19. The number of ether oxygens (including phenoxy) is 1. The largest absolute Gasteiger partial charge is 0.493 e. The minimum atomic E-state index is 0.812. The zero-order valence-electron chi connectivity index (χ0n) is 9.67. The minimum absolute atomic E-state index is 0.812. The lowest BCUT2D eigenvalue weighted by molar-refractivity contribution is 0.179. The van der Waals surface area contributed by atoms with Crippen molar-refractivity contribution < 1.29 is 4.74 Å². The van der Waals surface area contributed by atoms with E-state index in [1.54, 1.807) is 0 Å². The van der Waals surface area contributed by atoms with E-state index in [-0.39, 0.29) is 0 Å². The molecule has 0 radical (unpaired) electrons. The predicted octanol–water partition coefficient (Wildman–Crippen LogP) is 2.51. The lowest BCUT2D eigenvalue weighted by atomic mass is 9.86. The van der Waals surface area contributed by atoms with Crippen LogP contribution >= 0.6 is 0 Å². The standard InChI is InChI=1S/C14H19NO/c1-3-11(4-1)10-16-14-6-2-5-12-7-8-15-9-13(12)14/h2,5-6,11,15H,1,3-4,7-10H2. The van der Waals surface area contributed by atoms with E-state index in [4.69, 9.17) is 4.74 Å². The molecule has 0 unspecified atom stereocenters. The van der Waals surface area contributed by atoms with Crippen molar-refractivity contribution in [2.45, 2.75) is 32.2 Å². The summed E-state index contributed by atoms with van der Waals surface area (Å²) in [6, 6.07) is 6.47. The molecule has 1 heterocycles. The molecule has 0 saturated heterocycles. The Labute approximate surface area is 97.0 Å². The molecule has 0 atom stereocenters. The van der Waals surface area contributed by atoms with Crippen molar-refractivity contribution in [1.29, 1.82) is 0 Å². The van der Waals surface area contributed by atoms with Gasteiger partial charge in [-0.1, -0.05) is 18.6 Å². The Morgan fingerprint density at radius 3 is 3.06 bits per heavy atom. The van der Waals surface area contributed by atoms with Crippen molar-refractivity contribution in [3.05, 3.63) is 29.3 Å². The number of nitrogens with one attached hydrogen (secondary N) is 1. The van der Waals surface area contributed by atoms with E-state index in [0.29, 0.717) is 0 Å². The van der Waals surface area contributed by atoms with Crippen molar-refractivity contribution in [2.24, 2.45) is 5.92 Å². The zero-order chi connectivity index (χ0) is 10.8. The summed E-state index contributed by atoms with van der Waals surface area (Å²) in [6.07, 6.45) is 5.24. The molecule has 1 saturated carbocycles. The first kappa shape index (κ1) is 10.2. The van der Waals surface area contributed by atoms with E-state index in [1.807, 2.05) is 0 Å². The number of rotatable bonds is 3. The highest BCUT2D eigenvalue weighted by atomic mass is 16.5. The van der Waals surface area contributed by atoms with Crippen LogP contribution in [0.4, 0.5) is 0 Å². The molecular formula is C14H19NO. The summed E-state index contributed by atoms with van der Waals surface area (Å²) in [7, 11) is 0. The first-order chi connectivity index (χ1) is 7.93. The molecule has 2 heteroatoms. The van der Waals surface area contributed by atoms with E-state index in [0.717, 1.165) is 37.8 Å². The highest BCUT2D eigenvalue weighted by Crippen LogP contribution is 2.29. The van der Waals surface area contributed by atoms with Crippen LogP contribution in [0.15, 0.2) is 18.2 Å². The van der Waals surface area contributed by atoms with Gasteiger partial charge < -0.3 is 10.1 Å². The summed E-state index contributed by atoms with van der Waals surface area (Å²) in [5, 5.41) is 3.42. The third-order valence-electron chi connectivity index (χ3n) is 3.80. The van der Waals surface area contributed by atoms with Crippen LogP contribution in [0.3, 0.4) is 0 Å². The number of benzene rings is 1. The smallest absolute Gasteiger partial charge is 0.124 e. The first-order valence-corrected chi connectivity index (χ1v) is 6.38. The lowest BCUT2D eigenvalue weighted by Gasteiger charge is -2.27. The van der Waals surface area contributed by atoms with Crippen LogP contribution in [-0.2, 0) is 13.0 Å². The Balaban J connectivity index is 1.72. The van der Waals surface area contributed by atoms with Crippen LogP contribution in [-0.4, -0.2) is 13.2 Å². The second-order valence-corrected chi connectivity index (χ2v) is 4.93. The van der Waals surface area contributed by atoms with Gasteiger partial charge in [-0.2, -0.15) is 0 Å². The minimum Gasteiger partial charge on any atom is -0.493 e. The highest BCUT2D eigenvalue weighted by molar-refractivity contribution is 5.41. The maximum absolute atomic E-state index is 5.97. The zero-order valence-corrected chi connectivity index (χ0v) is 9.67. The van der Waals surface area contributed by atoms with Gasteiger partial charge in [0.1, 0.15) is 5.75 Å². The van der Waals surface area contributed by atoms with Gasteiger partial charge in [0.2, 0.25) is 0 Å². The topological polar surface area (TPSA) is 21.3 Å². The molecule has 2 nitrogen and oxygen atoms in total. The van der Waals surface area contributed by atoms with Crippen LogP contribution in [0.2, 0.25) is 0 Å². The molecular weight excluding hydrogens is 198 g/mol. The summed E-state index contributed by atoms with van der Waals surface area (Å²) in [5.41, 5.74) is 2.85. The average molecular weight is 217 g/mol. The first-order valence-electron chi connectivity index (χ1n) is 6.38. The fourth-order valence-electron chi connectivity index (χ4n) is 2.48. The molecule has 1 aromatic carbocycles. The summed E-state index contributed by atoms with van der Waals surface area (Å²) >= 11 is 0. The van der Waals surface area contributed by atoms with Gasteiger partial charge in [-0.05, 0) is 43.4 Å². The van der Waals surface area contributed by atoms with Crippen molar-refractivity contribution in [1.82, 2.24) is 5.32 Å². The molecule has 86 valence electrons. The van der Waals surface area contributed by atoms with Gasteiger partial charge in [0.15, 0.2) is 0 Å². The summed E-state index contributed by atoms with van der Waals surface area (Å²) in [4.78, 5) is 0. The summed E-state index contributed by atoms with van der Waals surface area (Å²) < 4.78 is 5.97. The second-order valence-electron chi connectivity index (χ2n) is 4.93. The average Bonchev–Trinajstić information content (AvgIpc) is 2.27. The molecule has 0 bridgehead atoms. The Kier molecular flexibility index (Phi) is 2.83. The third kappa shape index (κ3) is 1.94. The van der Waals surface area contributed by atoms with Crippen LogP contribution < -0.4 is 10.1 Å². The third-order valence-corrected chi connectivity index (χ3v) is 3.80. The Morgan fingerprint density at radius 2 is 2.25 bits per heavy atom. The maximum atomic E-state index is 5.97. The summed E-state index contributed by atoms with van der Waals surface area (Å²) in [5.74, 6) is 1.92. The predicted molar refractivity (Wildman–Crippen MR) is 64.7 cm³/mol. The fraction of sp³-hybridized carbons (Fsp3) is 0.571. The Morgan fingerprint density at radius 1 is 1.31 bits per heavy atom. The van der Waals surface area contributed by atoms with Gasteiger partial charge in [-0.25, -0.2) is 0 Å². The lowest BCUT2D eigenvalue weighted by Crippen LogP contribution is -2.25. The van der Waals surface area contributed by atoms with Gasteiger partial charge >= 0.3 is 0 Å². The molecule has 0 amide bonds. The molecule has 2 aliphatic rings. The van der Waals surface area contributed by atoms with Gasteiger partial charge in [-0.15, -0.1) is 0 Å². The molecule has 1 N–H and O–H groups in total. The van der Waals surface area contributed by atoms with E-state index < -0.39 is 0 Å². The van der Waals surface area contributed by atoms with Crippen molar-refractivity contribution in [2.75, 3.05) is 13.2 Å². The molecule has 0 aromatic heterocycles. The number of fused-ring (bicyclic) bond motifs is 1. The van der Waals surface area contributed by atoms with E-state index in [1.165, 1.54) is 30.4 Å². The molecule has 0 spiro atoms. The van der Waals surface area contributed by atoms with Crippen LogP contribution in [0.1, 0.15) is 30.4 Å². The van der Waals surface area contributed by atoms with E-state index in [9.17, 15) is 0 Å². The summed E-state index contributed by atoms with van der Waals surface area (Å²) in [6.45, 7) is 2.98. The quantitative estimate of drug-likeness (QED) is 0.840. The van der Waals surface area contributed by atoms with Gasteiger partial charge in [-0.3, -0.25) is 0 Å². The Hall–Kier alpha value is -1.02. The molecule has 3 rings (SSSR count). The Bertz CT molecular complexity index is 371. The van der Waals surface area contributed by atoms with Crippen LogP contribution in [0.5, 0.6) is 5.75 Å². The van der Waals surface area contributed by atoms with Crippen LogP contribution in [0.25, 0.3) is 0 Å². The van der Waals surface area contributed by atoms with Crippen molar-refractivity contribution in [3.63, 3.8) is 0 Å². The van der Waals surface area contributed by atoms with E-state index >= 15 is 0 Å². The molecule has 1 aromatic rings. The van der Waals surface area contributed by atoms with Crippen molar-refractivity contribution in [3.8, 4) is 5.75 Å². The van der Waals surface area contributed by atoms with Gasteiger partial charge in [0.05, 0.1) is 6.61 Å². The van der Waals surface area contributed by atoms with E-state index in [2.05, 4.69) is 23.5 Å². The fourth-order valence-corrected chi connectivity index (χ4v) is 2.48. The second kappa shape index (κ2) is 4.46. The molecule has 1 aliphatic carbocycles. The van der Waals surface area contributed by atoms with Crippen molar-refractivity contribution >= 4 is 0 Å². The van der Waals surface area contributed by atoms with Gasteiger partial charge in [0, 0.05) is 12.1 Å². The molecule has 1 fully saturated rings. The number of hydrogen-bond acceptors (Lipinski definition) is 2. The monoisotopic (exact) mass is 217 g/mol. The number of hydrogen-bond donors (Lipinski definition) is 1. The molecule has 1 aliphatic heterocycles. The normalized spacial score (nSPS) is 20.0. The van der Waals surface area contributed by atoms with Gasteiger partial charge in [0.25, 0.3) is 0 Å². The maximum Gasteiger partial charge on any atom is 0.124 e. The SMILES string of the molecule is c1cc2c(c(OCC3CCC3)c1)CNCC2.